The zero-order valence-electron chi connectivity index (χ0n) is 14.8. The summed E-state index contributed by atoms with van der Waals surface area (Å²) in [5, 5.41) is 17.9. The van der Waals surface area contributed by atoms with Crippen molar-refractivity contribution >= 4 is 5.97 Å². The average Bonchev–Trinajstić information content (AvgIpc) is 2.97. The monoisotopic (exact) mass is 328 g/mol. The molecular formula is C19H36O4. The number of aliphatic hydroxyl groups is 1. The second kappa shape index (κ2) is 12.8. The zero-order chi connectivity index (χ0) is 16.9. The van der Waals surface area contributed by atoms with E-state index in [9.17, 15) is 9.90 Å². The van der Waals surface area contributed by atoms with Crippen LogP contribution < -0.4 is 0 Å². The van der Waals surface area contributed by atoms with Crippen molar-refractivity contribution in [1.29, 1.82) is 0 Å². The first kappa shape index (κ1) is 20.4. The Balaban J connectivity index is 2.03. The van der Waals surface area contributed by atoms with Gasteiger partial charge in [0, 0.05) is 6.61 Å². The number of ether oxygens (including phenoxy) is 1. The van der Waals surface area contributed by atoms with E-state index in [1.54, 1.807) is 0 Å². The summed E-state index contributed by atoms with van der Waals surface area (Å²) in [5.74, 6) is -0.414. The summed E-state index contributed by atoms with van der Waals surface area (Å²) in [6, 6.07) is 0. The lowest BCUT2D eigenvalue weighted by molar-refractivity contribution is -0.146. The fourth-order valence-corrected chi connectivity index (χ4v) is 3.54. The first-order valence-corrected chi connectivity index (χ1v) is 9.67. The molecule has 0 amide bonds. The largest absolute Gasteiger partial charge is 0.479 e. The van der Waals surface area contributed by atoms with Gasteiger partial charge in [0.05, 0.1) is 6.10 Å². The van der Waals surface area contributed by atoms with E-state index in [0.29, 0.717) is 18.4 Å². The maximum Gasteiger partial charge on any atom is 0.332 e. The molecule has 0 saturated heterocycles. The first-order valence-electron chi connectivity index (χ1n) is 9.67. The Morgan fingerprint density at radius 1 is 1.09 bits per heavy atom. The summed E-state index contributed by atoms with van der Waals surface area (Å²) in [4.78, 5) is 10.5. The molecular weight excluding hydrogens is 292 g/mol. The third-order valence-corrected chi connectivity index (χ3v) is 5.01. The molecule has 0 unspecified atom stereocenters. The van der Waals surface area contributed by atoms with Crippen LogP contribution in [0.2, 0.25) is 0 Å². The number of carboxylic acid groups (broad SMARTS) is 1. The lowest BCUT2D eigenvalue weighted by atomic mass is 9.97. The van der Waals surface area contributed by atoms with E-state index in [0.717, 1.165) is 25.9 Å². The molecule has 1 aliphatic carbocycles. The van der Waals surface area contributed by atoms with Crippen LogP contribution in [0.3, 0.4) is 0 Å². The van der Waals surface area contributed by atoms with E-state index in [4.69, 9.17) is 9.84 Å². The van der Waals surface area contributed by atoms with Gasteiger partial charge in [0.1, 0.15) is 0 Å². The Kier molecular flexibility index (Phi) is 11.3. The molecule has 1 aliphatic rings. The van der Waals surface area contributed by atoms with Crippen LogP contribution in [0, 0.1) is 5.92 Å². The number of aliphatic carboxylic acids is 1. The van der Waals surface area contributed by atoms with Crippen LogP contribution in [0.4, 0.5) is 0 Å². The lowest BCUT2D eigenvalue weighted by Gasteiger charge is -2.20. The summed E-state index contributed by atoms with van der Waals surface area (Å²) < 4.78 is 6.10. The standard InChI is InChI=1S/C19H36O4/c1-2-3-4-5-9-15-23-18-14-10-12-16(18)11-7-6-8-13-17(20)19(21)22/h16-18,20H,2-15H2,1H3,(H,21,22)/t16-,17+,18-/m0/s1. The van der Waals surface area contributed by atoms with Crippen molar-refractivity contribution in [2.24, 2.45) is 5.92 Å². The van der Waals surface area contributed by atoms with E-state index in [2.05, 4.69) is 6.92 Å². The third-order valence-electron chi connectivity index (χ3n) is 5.01. The number of rotatable bonds is 14. The molecule has 4 heteroatoms. The second-order valence-corrected chi connectivity index (χ2v) is 7.01. The van der Waals surface area contributed by atoms with E-state index in [-0.39, 0.29) is 0 Å². The molecule has 0 aliphatic heterocycles. The van der Waals surface area contributed by atoms with Gasteiger partial charge in [-0.15, -0.1) is 0 Å². The Morgan fingerprint density at radius 2 is 1.83 bits per heavy atom. The molecule has 4 nitrogen and oxygen atoms in total. The summed E-state index contributed by atoms with van der Waals surface area (Å²) in [5.41, 5.74) is 0. The maximum atomic E-state index is 10.5. The molecule has 3 atom stereocenters. The van der Waals surface area contributed by atoms with Gasteiger partial charge in [-0.3, -0.25) is 0 Å². The number of hydrogen-bond acceptors (Lipinski definition) is 3. The fourth-order valence-electron chi connectivity index (χ4n) is 3.54. The van der Waals surface area contributed by atoms with E-state index < -0.39 is 12.1 Å². The van der Waals surface area contributed by atoms with Crippen LogP contribution in [0.1, 0.15) is 90.4 Å². The quantitative estimate of drug-likeness (QED) is 0.459. The molecule has 0 heterocycles. The number of hydrogen-bond donors (Lipinski definition) is 2. The Bertz CT molecular complexity index is 306. The van der Waals surface area contributed by atoms with E-state index >= 15 is 0 Å². The van der Waals surface area contributed by atoms with E-state index in [1.807, 2.05) is 0 Å². The fraction of sp³-hybridized carbons (Fsp3) is 0.947. The molecule has 136 valence electrons. The van der Waals surface area contributed by atoms with Gasteiger partial charge >= 0.3 is 5.97 Å². The van der Waals surface area contributed by atoms with Gasteiger partial charge in [0.15, 0.2) is 6.10 Å². The number of aliphatic hydroxyl groups excluding tert-OH is 1. The van der Waals surface area contributed by atoms with Gasteiger partial charge in [0.25, 0.3) is 0 Å². The van der Waals surface area contributed by atoms with Crippen molar-refractivity contribution < 1.29 is 19.7 Å². The Morgan fingerprint density at radius 3 is 2.57 bits per heavy atom. The van der Waals surface area contributed by atoms with Gasteiger partial charge in [-0.2, -0.15) is 0 Å². The SMILES string of the molecule is CCCCCCCO[C@H]1CCC[C@@H]1CCCCC[C@@H](O)C(=O)O. The summed E-state index contributed by atoms with van der Waals surface area (Å²) in [7, 11) is 0. The predicted octanol–water partition coefficient (Wildman–Crippen LogP) is 4.54. The molecule has 2 N–H and O–H groups in total. The van der Waals surface area contributed by atoms with Gasteiger partial charge in [0.2, 0.25) is 0 Å². The summed E-state index contributed by atoms with van der Waals surface area (Å²) in [6.07, 6.45) is 13.9. The van der Waals surface area contributed by atoms with Crippen LogP contribution in [0.5, 0.6) is 0 Å². The van der Waals surface area contributed by atoms with Crippen molar-refractivity contribution in [2.75, 3.05) is 6.61 Å². The molecule has 1 rings (SSSR count). The normalized spacial score (nSPS) is 22.3. The van der Waals surface area contributed by atoms with Crippen molar-refractivity contribution in [3.8, 4) is 0 Å². The highest BCUT2D eigenvalue weighted by atomic mass is 16.5. The zero-order valence-corrected chi connectivity index (χ0v) is 14.8. The Hall–Kier alpha value is -0.610. The van der Waals surface area contributed by atoms with Gasteiger partial charge in [-0.1, -0.05) is 58.3 Å². The minimum atomic E-state index is -1.19. The highest BCUT2D eigenvalue weighted by Gasteiger charge is 2.27. The smallest absolute Gasteiger partial charge is 0.332 e. The molecule has 0 bridgehead atoms. The van der Waals surface area contributed by atoms with Crippen LogP contribution in [0.15, 0.2) is 0 Å². The first-order chi connectivity index (χ1) is 11.1. The second-order valence-electron chi connectivity index (χ2n) is 7.01. The highest BCUT2D eigenvalue weighted by Crippen LogP contribution is 2.32. The van der Waals surface area contributed by atoms with Crippen LogP contribution in [-0.2, 0) is 9.53 Å². The van der Waals surface area contributed by atoms with Crippen molar-refractivity contribution in [3.05, 3.63) is 0 Å². The van der Waals surface area contributed by atoms with Crippen molar-refractivity contribution in [2.45, 2.75) is 103 Å². The summed E-state index contributed by atoms with van der Waals surface area (Å²) >= 11 is 0. The topological polar surface area (TPSA) is 66.8 Å². The van der Waals surface area contributed by atoms with E-state index in [1.165, 1.54) is 57.8 Å². The van der Waals surface area contributed by atoms with Gasteiger partial charge in [-0.25, -0.2) is 4.79 Å². The molecule has 0 aromatic rings. The van der Waals surface area contributed by atoms with Gasteiger partial charge in [-0.05, 0) is 38.0 Å². The molecule has 0 aromatic carbocycles. The molecule has 1 saturated carbocycles. The van der Waals surface area contributed by atoms with Crippen LogP contribution in [-0.4, -0.2) is 35.0 Å². The third kappa shape index (κ3) is 9.31. The lowest BCUT2D eigenvalue weighted by Crippen LogP contribution is -2.19. The number of carbonyl (C=O) groups is 1. The molecule has 0 spiro atoms. The number of unbranched alkanes of at least 4 members (excludes halogenated alkanes) is 6. The average molecular weight is 328 g/mol. The molecule has 0 aromatic heterocycles. The van der Waals surface area contributed by atoms with Crippen LogP contribution in [0.25, 0.3) is 0 Å². The highest BCUT2D eigenvalue weighted by molar-refractivity contribution is 5.71. The molecule has 23 heavy (non-hydrogen) atoms. The maximum absolute atomic E-state index is 10.5. The Labute approximate surface area is 141 Å². The van der Waals surface area contributed by atoms with Gasteiger partial charge < -0.3 is 14.9 Å². The van der Waals surface area contributed by atoms with Crippen molar-refractivity contribution in [1.82, 2.24) is 0 Å². The molecule has 0 radical (unpaired) electrons. The predicted molar refractivity (Wildman–Crippen MR) is 92.6 cm³/mol. The number of carboxylic acids is 1. The summed E-state index contributed by atoms with van der Waals surface area (Å²) in [6.45, 7) is 3.15. The van der Waals surface area contributed by atoms with Crippen molar-refractivity contribution in [3.63, 3.8) is 0 Å². The van der Waals surface area contributed by atoms with Crippen LogP contribution >= 0.6 is 0 Å². The minimum Gasteiger partial charge on any atom is -0.479 e. The minimum absolute atomic E-state index is 0.373. The molecule has 1 fully saturated rings.